The molecule has 1 saturated carbocycles. The molecule has 27 heteroatoms. The van der Waals surface area contributed by atoms with Crippen molar-refractivity contribution in [3.8, 4) is 0 Å². The van der Waals surface area contributed by atoms with Crippen molar-refractivity contribution in [1.82, 2.24) is 0 Å². The molecule has 0 heterocycles. The van der Waals surface area contributed by atoms with Crippen molar-refractivity contribution in [3.05, 3.63) is 0 Å². The fraction of sp³-hybridized carbons (Fsp3) is 0.936. The monoisotopic (exact) mass is 1150 g/mol. The third-order valence-electron chi connectivity index (χ3n) is 12.5. The van der Waals surface area contributed by atoms with E-state index in [2.05, 4.69) is 20.5 Å². The van der Waals surface area contributed by atoms with Gasteiger partial charge in [-0.2, -0.15) is 0 Å². The largest absolute Gasteiger partial charge is 0.472 e. The van der Waals surface area contributed by atoms with Crippen LogP contribution in [0, 0.1) is 0 Å². The highest BCUT2D eigenvalue weighted by molar-refractivity contribution is 7.47. The molecule has 1 fully saturated rings. The molecule has 0 aromatic heterocycles. The molecule has 0 saturated heterocycles. The average Bonchev–Trinajstić information content (AvgIpc) is 3.30. The Balaban J connectivity index is 2.77. The molecular weight excluding hydrogens is 1060 g/mol. The van der Waals surface area contributed by atoms with Gasteiger partial charge in [0, 0.05) is 25.7 Å². The van der Waals surface area contributed by atoms with Crippen LogP contribution in [0.3, 0.4) is 0 Å². The second-order valence-corrected chi connectivity index (χ2v) is 24.4. The van der Waals surface area contributed by atoms with Gasteiger partial charge in [0.25, 0.3) is 0 Å². The number of aliphatic hydroxyl groups excluding tert-OH is 2. The van der Waals surface area contributed by atoms with Crippen LogP contribution in [0.5, 0.6) is 0 Å². The van der Waals surface area contributed by atoms with Gasteiger partial charge in [-0.15, -0.1) is 0 Å². The first kappa shape index (κ1) is 71.0. The lowest BCUT2D eigenvalue weighted by Gasteiger charge is -2.45. The molecule has 438 valence electrons. The van der Waals surface area contributed by atoms with Gasteiger partial charge in [0.2, 0.25) is 0 Å². The minimum Gasteiger partial charge on any atom is -0.462 e. The van der Waals surface area contributed by atoms with Crippen molar-refractivity contribution in [1.29, 1.82) is 0 Å². The van der Waals surface area contributed by atoms with Crippen molar-refractivity contribution in [3.63, 3.8) is 0 Å². The minimum absolute atomic E-state index is 0.0267. The molecule has 0 aromatic carbocycles. The number of ketones is 1. The fourth-order valence-electron chi connectivity index (χ4n) is 8.68. The van der Waals surface area contributed by atoms with E-state index < -0.39 is 99.2 Å². The summed E-state index contributed by atoms with van der Waals surface area (Å²) in [5, 5.41) is 21.9. The first-order chi connectivity index (χ1) is 34.9. The summed E-state index contributed by atoms with van der Waals surface area (Å²) in [6.07, 6.45) is 14.2. The minimum atomic E-state index is -5.79. The lowest BCUT2D eigenvalue weighted by atomic mass is 9.85. The van der Waals surface area contributed by atoms with Crippen molar-refractivity contribution in [2.24, 2.45) is 0 Å². The lowest BCUT2D eigenvalue weighted by molar-refractivity contribution is -0.209. The summed E-state index contributed by atoms with van der Waals surface area (Å²) in [5.41, 5.74) is 0. The first-order valence-corrected chi connectivity index (χ1v) is 33.1. The highest BCUT2D eigenvalue weighted by Gasteiger charge is 2.59. The van der Waals surface area contributed by atoms with Crippen LogP contribution in [0.15, 0.2) is 0 Å². The topological polar surface area (TPSA) is 366 Å². The molecule has 8 atom stereocenters. The molecular formula is C47H92O23P4. The Bertz CT molecular complexity index is 1670. The van der Waals surface area contributed by atoms with E-state index in [-0.39, 0.29) is 12.8 Å². The number of Topliss-reactive ketones (excluding diaryl/α,β-unsaturated/α-hetero) is 1. The van der Waals surface area contributed by atoms with E-state index in [1.54, 1.807) is 0 Å². The van der Waals surface area contributed by atoms with Gasteiger partial charge in [0.05, 0.1) is 6.61 Å². The van der Waals surface area contributed by atoms with Crippen LogP contribution in [0.1, 0.15) is 226 Å². The quantitative estimate of drug-likeness (QED) is 0.0155. The van der Waals surface area contributed by atoms with Gasteiger partial charge in [0.15, 0.2) is 6.10 Å². The van der Waals surface area contributed by atoms with Crippen molar-refractivity contribution in [2.45, 2.75) is 268 Å². The molecule has 0 amide bonds. The van der Waals surface area contributed by atoms with Crippen LogP contribution in [0.25, 0.3) is 0 Å². The summed E-state index contributed by atoms with van der Waals surface area (Å²) in [5.74, 6) is -1.03. The van der Waals surface area contributed by atoms with Gasteiger partial charge in [-0.1, -0.05) is 174 Å². The van der Waals surface area contributed by atoms with Gasteiger partial charge in [0.1, 0.15) is 49.0 Å². The number of esters is 2. The highest BCUT2D eigenvalue weighted by atomic mass is 31.2. The predicted octanol–water partition coefficient (Wildman–Crippen LogP) is 9.59. The Morgan fingerprint density at radius 1 is 0.392 bits per heavy atom. The SMILES string of the molecule is CCCCCCCCCCCCCCCC(=O)O[C@H](COC(=O)CCCCCCCCCCCCCCCCCC(=O)CCC)COP(=O)(O)OC1C(O)[C@@H](OP(=O)(O)O)C(OP(=O)(O)O)[C@@H](OP(=O)(O)O)[C@H]1O. The van der Waals surface area contributed by atoms with E-state index in [4.69, 9.17) is 18.5 Å². The molecule has 0 aliphatic heterocycles. The molecule has 1 aliphatic rings. The summed E-state index contributed by atoms with van der Waals surface area (Å²) >= 11 is 0. The Labute approximate surface area is 438 Å². The third-order valence-corrected chi connectivity index (χ3v) is 15.1. The van der Waals surface area contributed by atoms with Gasteiger partial charge >= 0.3 is 43.2 Å². The molecule has 0 spiro atoms. The number of hydrogen-bond acceptors (Lipinski definition) is 16. The first-order valence-electron chi connectivity index (χ1n) is 27.0. The molecule has 0 aromatic rings. The van der Waals surface area contributed by atoms with Crippen LogP contribution in [-0.2, 0) is 64.7 Å². The van der Waals surface area contributed by atoms with Gasteiger partial charge in [-0.3, -0.25) is 37.0 Å². The van der Waals surface area contributed by atoms with Crippen molar-refractivity contribution >= 4 is 49.0 Å². The standard InChI is InChI=1S/C47H92O23P4/c1-3-5-6-7-8-9-10-14-19-22-25-28-31-35-41(50)66-39(36-64-40(49)34-30-27-24-21-18-16-13-11-12-15-17-20-23-26-29-33-38(48)32-4-2)37-65-74(62,63)70-44-42(51)45(67-71(53,54)55)47(69-73(59,60)61)46(43(44)52)68-72(56,57)58/h39,42-47,51-52H,3-37H2,1-2H3,(H,62,63)(H2,53,54,55)(H2,56,57,58)(H2,59,60,61)/t39-,42+,43?,44?,45+,46-,47?/m1/s1. The smallest absolute Gasteiger partial charge is 0.462 e. The van der Waals surface area contributed by atoms with E-state index in [0.29, 0.717) is 31.5 Å². The van der Waals surface area contributed by atoms with E-state index in [1.807, 2.05) is 6.92 Å². The Kier molecular flexibility index (Phi) is 38.6. The van der Waals surface area contributed by atoms with Crippen molar-refractivity contribution < 1.29 is 109 Å². The average molecular weight is 1150 g/mol. The number of carbonyl (C=O) groups excluding carboxylic acids is 3. The maximum absolute atomic E-state index is 13.3. The summed E-state index contributed by atoms with van der Waals surface area (Å²) < 4.78 is 82.3. The Morgan fingerprint density at radius 3 is 1.09 bits per heavy atom. The number of phosphoric ester groups is 4. The number of rotatable bonds is 48. The highest BCUT2D eigenvalue weighted by Crippen LogP contribution is 2.53. The summed E-state index contributed by atoms with van der Waals surface area (Å²) in [6.45, 7) is 2.56. The molecule has 0 bridgehead atoms. The second-order valence-electron chi connectivity index (χ2n) is 19.4. The Morgan fingerprint density at radius 2 is 0.730 bits per heavy atom. The van der Waals surface area contributed by atoms with E-state index in [9.17, 15) is 77.1 Å². The zero-order chi connectivity index (χ0) is 55.5. The molecule has 23 nitrogen and oxygen atoms in total. The summed E-state index contributed by atoms with van der Waals surface area (Å²) in [4.78, 5) is 105. The maximum atomic E-state index is 13.3. The van der Waals surface area contributed by atoms with Crippen LogP contribution < -0.4 is 0 Å². The van der Waals surface area contributed by atoms with Gasteiger partial charge < -0.3 is 53.9 Å². The van der Waals surface area contributed by atoms with Crippen LogP contribution in [-0.4, -0.2) is 118 Å². The lowest BCUT2D eigenvalue weighted by Crippen LogP contribution is -2.65. The molecule has 1 rings (SSSR count). The fourth-order valence-corrected chi connectivity index (χ4v) is 11.3. The van der Waals surface area contributed by atoms with Gasteiger partial charge in [-0.25, -0.2) is 18.3 Å². The van der Waals surface area contributed by atoms with E-state index in [0.717, 1.165) is 83.5 Å². The normalized spacial score (nSPS) is 20.8. The molecule has 0 radical (unpaired) electrons. The van der Waals surface area contributed by atoms with Crippen LogP contribution in [0.4, 0.5) is 0 Å². The molecule has 9 N–H and O–H groups in total. The zero-order valence-electron chi connectivity index (χ0n) is 43.8. The maximum Gasteiger partial charge on any atom is 0.472 e. The van der Waals surface area contributed by atoms with E-state index >= 15 is 0 Å². The number of aliphatic hydroxyl groups is 2. The van der Waals surface area contributed by atoms with Crippen LogP contribution >= 0.6 is 31.3 Å². The number of ether oxygens (including phenoxy) is 2. The number of hydrogen-bond donors (Lipinski definition) is 9. The zero-order valence-corrected chi connectivity index (χ0v) is 47.4. The summed E-state index contributed by atoms with van der Waals surface area (Å²) in [7, 11) is -23.0. The van der Waals surface area contributed by atoms with Gasteiger partial charge in [-0.05, 0) is 25.7 Å². The summed E-state index contributed by atoms with van der Waals surface area (Å²) in [6, 6.07) is 0. The second kappa shape index (κ2) is 40.2. The third kappa shape index (κ3) is 37.7. The number of carbonyl (C=O) groups is 3. The molecule has 1 aliphatic carbocycles. The predicted molar refractivity (Wildman–Crippen MR) is 273 cm³/mol. The van der Waals surface area contributed by atoms with E-state index in [1.165, 1.54) is 89.9 Å². The number of unbranched alkanes of at least 4 members (excludes halogenated alkanes) is 26. The molecule has 74 heavy (non-hydrogen) atoms. The van der Waals surface area contributed by atoms with Crippen LogP contribution in [0.2, 0.25) is 0 Å². The number of phosphoric acid groups is 4. The molecule has 4 unspecified atom stereocenters. The Hall–Kier alpha value is -1.03. The van der Waals surface area contributed by atoms with Crippen molar-refractivity contribution in [2.75, 3.05) is 13.2 Å².